The second-order valence-corrected chi connectivity index (χ2v) is 21.9. The molecule has 0 heterocycles. The summed E-state index contributed by atoms with van der Waals surface area (Å²) in [5.41, 5.74) is 8.74. The molecule has 0 saturated heterocycles. The standard InChI is InChI=1S/C12H18.C12H24.2C12H18.C11H22.5C2H6/c1-9(2)11-5-7-12(8-6-11)10(3)4;2*1-9(2)11-6-5-7-12(8-11)10(3)4;1-9(2)11-7-5-6-8-12(11)10(3)4;1-8(2)10-5-6-11(7-10)9(3)4;5*1-2/h5-10H,1-4H3;9-12H,5-8H2,1-4H3;2*5-10H,1-4H3;8-11H,5-7H2,1-4H3;5*1-2H3. The van der Waals surface area contributed by atoms with Crippen molar-refractivity contribution in [1.82, 2.24) is 0 Å². The third-order valence-corrected chi connectivity index (χ3v) is 13.8. The average Bonchev–Trinajstić information content (AvgIpc) is 3.88. The van der Waals surface area contributed by atoms with Gasteiger partial charge in [-0.05, 0) is 142 Å². The monoisotopic (exact) mass is 959 g/mol. The van der Waals surface area contributed by atoms with Gasteiger partial charge in [-0.1, -0.05) is 300 Å². The SMILES string of the molecule is CC.CC.CC.CC.CC.CC(C)C1CCC(C(C)C)C1.CC(C)C1CCCC(C(C)C)C1.CC(C)c1ccc(C(C)C)cc1.CC(C)c1cccc(C(C)C)c1.CC(C)c1ccccc1C(C)C. The predicted octanol–water partition coefficient (Wildman–Crippen LogP) is 24.8. The van der Waals surface area contributed by atoms with Crippen LogP contribution in [0, 0.1) is 47.3 Å². The van der Waals surface area contributed by atoms with Crippen LogP contribution in [0.4, 0.5) is 0 Å². The van der Waals surface area contributed by atoms with Crippen molar-refractivity contribution < 1.29 is 0 Å². The van der Waals surface area contributed by atoms with E-state index in [4.69, 9.17) is 0 Å². The molecule has 406 valence electrons. The summed E-state index contributed by atoms with van der Waals surface area (Å²) in [6.07, 6.45) is 10.4. The van der Waals surface area contributed by atoms with Gasteiger partial charge in [0.1, 0.15) is 0 Å². The van der Waals surface area contributed by atoms with Gasteiger partial charge in [0.15, 0.2) is 0 Å². The normalized spacial score (nSPS) is 16.9. The van der Waals surface area contributed by atoms with Gasteiger partial charge in [-0.3, -0.25) is 0 Å². The molecule has 0 N–H and O–H groups in total. The maximum atomic E-state index is 2.38. The number of hydrogen-bond acceptors (Lipinski definition) is 0. The Bertz CT molecular complexity index is 1370. The van der Waals surface area contributed by atoms with Crippen molar-refractivity contribution in [2.75, 3.05) is 0 Å². The topological polar surface area (TPSA) is 0 Å². The zero-order valence-electron chi connectivity index (χ0n) is 53.0. The van der Waals surface area contributed by atoms with Crippen LogP contribution in [0.3, 0.4) is 0 Å². The fourth-order valence-electron chi connectivity index (χ4n) is 8.85. The first-order chi connectivity index (χ1) is 32.6. The van der Waals surface area contributed by atoms with Crippen molar-refractivity contribution in [3.05, 3.63) is 106 Å². The molecule has 4 atom stereocenters. The van der Waals surface area contributed by atoms with Gasteiger partial charge in [-0.15, -0.1) is 0 Å². The third kappa shape index (κ3) is 34.6. The quantitative estimate of drug-likeness (QED) is 0.190. The van der Waals surface area contributed by atoms with Gasteiger partial charge >= 0.3 is 0 Å². The number of hydrogen-bond donors (Lipinski definition) is 0. The summed E-state index contributed by atoms with van der Waals surface area (Å²) in [6, 6.07) is 26.6. The lowest BCUT2D eigenvalue weighted by atomic mass is 9.72. The second kappa shape index (κ2) is 46.7. The zero-order valence-corrected chi connectivity index (χ0v) is 53.0. The van der Waals surface area contributed by atoms with E-state index in [1.54, 1.807) is 0 Å². The minimum absolute atomic E-state index is 0.642. The Kier molecular flexibility index (Phi) is 51.2. The fraction of sp³-hybridized carbons (Fsp3) is 0.739. The molecule has 0 spiro atoms. The molecule has 5 rings (SSSR count). The summed E-state index contributed by atoms with van der Waals surface area (Å²) in [4.78, 5) is 0. The van der Waals surface area contributed by atoms with E-state index in [0.717, 1.165) is 47.3 Å². The third-order valence-electron chi connectivity index (χ3n) is 13.8. The van der Waals surface area contributed by atoms with Crippen LogP contribution < -0.4 is 0 Å². The van der Waals surface area contributed by atoms with Crippen molar-refractivity contribution in [2.24, 2.45) is 47.3 Å². The van der Waals surface area contributed by atoms with E-state index >= 15 is 0 Å². The molecule has 0 aromatic heterocycles. The van der Waals surface area contributed by atoms with Crippen molar-refractivity contribution in [2.45, 2.75) is 288 Å². The summed E-state index contributed by atoms with van der Waals surface area (Å²) >= 11 is 0. The highest BCUT2D eigenvalue weighted by Crippen LogP contribution is 2.39. The Balaban J connectivity index is -0.000000236. The molecule has 2 aliphatic rings. The van der Waals surface area contributed by atoms with Crippen molar-refractivity contribution in [1.29, 1.82) is 0 Å². The van der Waals surface area contributed by atoms with E-state index in [0.29, 0.717) is 35.5 Å². The summed E-state index contributed by atoms with van der Waals surface area (Å²) in [6.45, 7) is 65.9. The Labute approximate surface area is 439 Å². The van der Waals surface area contributed by atoms with Gasteiger partial charge in [0.05, 0.1) is 0 Å². The fourth-order valence-corrected chi connectivity index (χ4v) is 8.85. The number of benzene rings is 3. The Morgan fingerprint density at radius 3 is 0.725 bits per heavy atom. The van der Waals surface area contributed by atoms with E-state index in [1.165, 1.54) is 78.3 Å². The second-order valence-electron chi connectivity index (χ2n) is 21.9. The highest BCUT2D eigenvalue weighted by Gasteiger charge is 2.28. The highest BCUT2D eigenvalue weighted by atomic mass is 14.3. The van der Waals surface area contributed by atoms with Gasteiger partial charge in [-0.2, -0.15) is 0 Å². The van der Waals surface area contributed by atoms with Gasteiger partial charge in [0.25, 0.3) is 0 Å². The smallest absolute Gasteiger partial charge is 0.0216 e. The molecule has 0 radical (unpaired) electrons. The van der Waals surface area contributed by atoms with E-state index in [-0.39, 0.29) is 0 Å². The van der Waals surface area contributed by atoms with E-state index in [2.05, 4.69) is 211 Å². The largest absolute Gasteiger partial charge is 0.0683 e. The Morgan fingerprint density at radius 1 is 0.275 bits per heavy atom. The summed E-state index contributed by atoms with van der Waals surface area (Å²) in [7, 11) is 0. The molecule has 2 saturated carbocycles. The Hall–Kier alpha value is -2.34. The lowest BCUT2D eigenvalue weighted by Gasteiger charge is -2.33. The molecule has 0 heteroatoms. The van der Waals surface area contributed by atoms with Crippen LogP contribution in [0.25, 0.3) is 0 Å². The molecule has 0 amide bonds. The first-order valence-corrected chi connectivity index (χ1v) is 29.8. The van der Waals surface area contributed by atoms with Crippen LogP contribution in [0.2, 0.25) is 0 Å². The molecular formula is C69H130. The average molecular weight is 960 g/mol. The maximum Gasteiger partial charge on any atom is -0.0216 e. The molecule has 69 heavy (non-hydrogen) atoms. The minimum Gasteiger partial charge on any atom is -0.0683 e. The highest BCUT2D eigenvalue weighted by molar-refractivity contribution is 5.32. The lowest BCUT2D eigenvalue weighted by molar-refractivity contribution is 0.177. The van der Waals surface area contributed by atoms with Gasteiger partial charge in [0, 0.05) is 0 Å². The molecule has 2 aliphatic carbocycles. The summed E-state index contributed by atoms with van der Waals surface area (Å²) in [5, 5.41) is 0. The zero-order chi connectivity index (χ0) is 55.0. The summed E-state index contributed by atoms with van der Waals surface area (Å²) < 4.78 is 0. The van der Waals surface area contributed by atoms with Crippen LogP contribution in [0.1, 0.15) is 322 Å². The molecule has 0 aliphatic heterocycles. The van der Waals surface area contributed by atoms with Gasteiger partial charge in [0.2, 0.25) is 0 Å². The molecule has 3 aromatic carbocycles. The molecule has 3 aromatic rings. The molecular weight excluding hydrogens is 829 g/mol. The van der Waals surface area contributed by atoms with Crippen LogP contribution in [-0.2, 0) is 0 Å². The number of rotatable bonds is 10. The molecule has 2 fully saturated rings. The van der Waals surface area contributed by atoms with Crippen LogP contribution in [0.5, 0.6) is 0 Å². The lowest BCUT2D eigenvalue weighted by Crippen LogP contribution is -2.22. The summed E-state index contributed by atoms with van der Waals surface area (Å²) in [5.74, 6) is 11.6. The van der Waals surface area contributed by atoms with E-state index < -0.39 is 0 Å². The first kappa shape index (κ1) is 75.6. The van der Waals surface area contributed by atoms with Gasteiger partial charge in [-0.25, -0.2) is 0 Å². The Morgan fingerprint density at radius 2 is 0.522 bits per heavy atom. The molecule has 0 bridgehead atoms. The van der Waals surface area contributed by atoms with E-state index in [9.17, 15) is 0 Å². The van der Waals surface area contributed by atoms with Crippen LogP contribution >= 0.6 is 0 Å². The van der Waals surface area contributed by atoms with E-state index in [1.807, 2.05) is 69.2 Å². The van der Waals surface area contributed by atoms with Crippen molar-refractivity contribution in [3.8, 4) is 0 Å². The van der Waals surface area contributed by atoms with Gasteiger partial charge < -0.3 is 0 Å². The first-order valence-electron chi connectivity index (χ1n) is 29.8. The maximum absolute atomic E-state index is 2.38. The van der Waals surface area contributed by atoms with Crippen molar-refractivity contribution in [3.63, 3.8) is 0 Å². The van der Waals surface area contributed by atoms with Crippen molar-refractivity contribution >= 4 is 0 Å². The van der Waals surface area contributed by atoms with Crippen LogP contribution in [0.15, 0.2) is 72.8 Å². The minimum atomic E-state index is 0.642. The molecule has 4 unspecified atom stereocenters. The molecule has 0 nitrogen and oxygen atoms in total. The van der Waals surface area contributed by atoms with Crippen LogP contribution in [-0.4, -0.2) is 0 Å². The predicted molar refractivity (Wildman–Crippen MR) is 326 cm³/mol.